The minimum absolute atomic E-state index is 0.522. The summed E-state index contributed by atoms with van der Waals surface area (Å²) in [6.45, 7) is 4.84. The van der Waals surface area contributed by atoms with Gasteiger partial charge in [0.1, 0.15) is 11.6 Å². The van der Waals surface area contributed by atoms with Crippen LogP contribution in [0.4, 0.5) is 17.6 Å². The van der Waals surface area contributed by atoms with Gasteiger partial charge in [-0.1, -0.05) is 6.07 Å². The molecule has 2 aromatic heterocycles. The van der Waals surface area contributed by atoms with Crippen molar-refractivity contribution in [1.29, 1.82) is 0 Å². The summed E-state index contributed by atoms with van der Waals surface area (Å²) >= 11 is 5.48. The van der Waals surface area contributed by atoms with Crippen LogP contribution in [0, 0.1) is 0 Å². The summed E-state index contributed by atoms with van der Waals surface area (Å²) in [7, 11) is 0. The minimum Gasteiger partial charge on any atom is -0.358 e. The molecule has 2 aliphatic rings. The first-order chi connectivity index (χ1) is 14.3. The highest BCUT2D eigenvalue weighted by atomic mass is 32.1. The van der Waals surface area contributed by atoms with E-state index in [0.29, 0.717) is 17.6 Å². The zero-order chi connectivity index (χ0) is 19.9. The van der Waals surface area contributed by atoms with E-state index in [4.69, 9.17) is 22.2 Å². The third-order valence-corrected chi connectivity index (χ3v) is 5.71. The fraction of sp³-hybridized carbons (Fsp3) is 0.524. The normalized spacial score (nSPS) is 17.1. The summed E-state index contributed by atoms with van der Waals surface area (Å²) in [5, 5.41) is 6.94. The highest BCUT2D eigenvalue weighted by Gasteiger charge is 2.19. The van der Waals surface area contributed by atoms with Gasteiger partial charge in [-0.05, 0) is 62.4 Å². The molecule has 7 nitrogen and oxygen atoms in total. The molecular weight excluding hydrogens is 382 g/mol. The van der Waals surface area contributed by atoms with Crippen LogP contribution >= 0.6 is 12.2 Å². The first-order valence-electron chi connectivity index (χ1n) is 10.6. The third-order valence-electron chi connectivity index (χ3n) is 5.46. The van der Waals surface area contributed by atoms with Gasteiger partial charge in [-0.25, -0.2) is 0 Å². The molecule has 29 heavy (non-hydrogen) atoms. The van der Waals surface area contributed by atoms with Crippen LogP contribution in [0.5, 0.6) is 0 Å². The van der Waals surface area contributed by atoms with Crippen LogP contribution in [0.2, 0.25) is 0 Å². The summed E-state index contributed by atoms with van der Waals surface area (Å²) in [5.74, 6) is 2.56. The van der Waals surface area contributed by atoms with E-state index in [9.17, 15) is 0 Å². The van der Waals surface area contributed by atoms with Gasteiger partial charge in [0.15, 0.2) is 5.11 Å². The number of nitrogens with one attached hydrogen (secondary N) is 2. The molecule has 4 heterocycles. The van der Waals surface area contributed by atoms with Crippen molar-refractivity contribution in [2.45, 2.75) is 45.1 Å². The van der Waals surface area contributed by atoms with E-state index in [1.807, 2.05) is 18.3 Å². The second-order valence-electron chi connectivity index (χ2n) is 7.67. The molecule has 8 heteroatoms. The zero-order valence-corrected chi connectivity index (χ0v) is 17.6. The molecular formula is C21H29N7S. The van der Waals surface area contributed by atoms with Crippen molar-refractivity contribution in [3.8, 4) is 0 Å². The van der Waals surface area contributed by atoms with Crippen molar-refractivity contribution in [3.63, 3.8) is 0 Å². The highest BCUT2D eigenvalue weighted by Crippen LogP contribution is 2.26. The SMILES string of the molecule is S=C(NCc1cccnc1)Nc1nc(N2CCCCC2)cc(N2CCCCC2)n1. The Balaban J connectivity index is 1.48. The second kappa shape index (κ2) is 9.82. The number of anilines is 3. The largest absolute Gasteiger partial charge is 0.358 e. The quantitative estimate of drug-likeness (QED) is 0.726. The van der Waals surface area contributed by atoms with E-state index in [-0.39, 0.29) is 0 Å². The molecule has 154 valence electrons. The molecule has 0 spiro atoms. The lowest BCUT2D eigenvalue weighted by atomic mass is 10.1. The van der Waals surface area contributed by atoms with Gasteiger partial charge in [0.2, 0.25) is 5.95 Å². The van der Waals surface area contributed by atoms with Crippen molar-refractivity contribution >= 4 is 34.9 Å². The lowest BCUT2D eigenvalue weighted by molar-refractivity contribution is 0.567. The van der Waals surface area contributed by atoms with Gasteiger partial charge in [0.25, 0.3) is 0 Å². The third kappa shape index (κ3) is 5.53. The summed E-state index contributed by atoms with van der Waals surface area (Å²) in [6, 6.07) is 6.09. The Labute approximate surface area is 177 Å². The van der Waals surface area contributed by atoms with Gasteiger partial charge in [0.05, 0.1) is 0 Å². The maximum atomic E-state index is 5.48. The monoisotopic (exact) mass is 411 g/mol. The number of pyridine rings is 1. The Morgan fingerprint density at radius 1 is 0.931 bits per heavy atom. The van der Waals surface area contributed by atoms with E-state index in [1.54, 1.807) is 6.20 Å². The number of thiocarbonyl (C=S) groups is 1. The van der Waals surface area contributed by atoms with Crippen molar-refractivity contribution in [1.82, 2.24) is 20.3 Å². The topological polar surface area (TPSA) is 69.2 Å². The predicted octanol–water partition coefficient (Wildman–Crippen LogP) is 3.34. The van der Waals surface area contributed by atoms with E-state index in [1.165, 1.54) is 38.5 Å². The highest BCUT2D eigenvalue weighted by molar-refractivity contribution is 7.80. The number of hydrogen-bond acceptors (Lipinski definition) is 6. The Morgan fingerprint density at radius 3 is 2.10 bits per heavy atom. The molecule has 0 saturated carbocycles. The first-order valence-corrected chi connectivity index (χ1v) is 11.0. The summed E-state index contributed by atoms with van der Waals surface area (Å²) in [6.07, 6.45) is 11.1. The number of rotatable bonds is 5. The molecule has 0 unspecified atom stereocenters. The average molecular weight is 412 g/mol. The van der Waals surface area contributed by atoms with E-state index < -0.39 is 0 Å². The predicted molar refractivity (Wildman–Crippen MR) is 121 cm³/mol. The van der Waals surface area contributed by atoms with Crippen LogP contribution in [0.15, 0.2) is 30.6 Å². The fourth-order valence-corrected chi connectivity index (χ4v) is 4.04. The average Bonchev–Trinajstić information content (AvgIpc) is 2.79. The number of aromatic nitrogens is 3. The van der Waals surface area contributed by atoms with Gasteiger partial charge < -0.3 is 20.4 Å². The minimum atomic E-state index is 0.522. The van der Waals surface area contributed by atoms with E-state index >= 15 is 0 Å². The second-order valence-corrected chi connectivity index (χ2v) is 8.08. The lowest BCUT2D eigenvalue weighted by Gasteiger charge is -2.31. The van der Waals surface area contributed by atoms with Crippen molar-refractivity contribution in [2.75, 3.05) is 41.3 Å². The van der Waals surface area contributed by atoms with Crippen molar-refractivity contribution < 1.29 is 0 Å². The van der Waals surface area contributed by atoms with Crippen LogP contribution < -0.4 is 20.4 Å². The molecule has 4 rings (SSSR count). The van der Waals surface area contributed by atoms with Crippen molar-refractivity contribution in [2.24, 2.45) is 0 Å². The lowest BCUT2D eigenvalue weighted by Crippen LogP contribution is -2.34. The Morgan fingerprint density at radius 2 is 1.55 bits per heavy atom. The molecule has 0 radical (unpaired) electrons. The van der Waals surface area contributed by atoms with E-state index in [0.717, 1.165) is 43.4 Å². The van der Waals surface area contributed by atoms with Gasteiger partial charge >= 0.3 is 0 Å². The van der Waals surface area contributed by atoms with Crippen LogP contribution in [0.3, 0.4) is 0 Å². The maximum Gasteiger partial charge on any atom is 0.232 e. The molecule has 2 saturated heterocycles. The molecule has 0 aliphatic carbocycles. The molecule has 0 amide bonds. The maximum absolute atomic E-state index is 5.48. The summed E-state index contributed by atoms with van der Waals surface area (Å²) < 4.78 is 0. The Bertz CT molecular complexity index is 766. The molecule has 2 aliphatic heterocycles. The molecule has 2 N–H and O–H groups in total. The summed E-state index contributed by atoms with van der Waals surface area (Å²) in [5.41, 5.74) is 1.08. The fourth-order valence-electron chi connectivity index (χ4n) is 3.88. The zero-order valence-electron chi connectivity index (χ0n) is 16.8. The van der Waals surface area contributed by atoms with Crippen LogP contribution in [-0.2, 0) is 6.54 Å². The number of piperidine rings is 2. The standard InChI is InChI=1S/C21H29N7S/c29-21(23-16-17-8-7-9-22-15-17)26-20-24-18(27-10-3-1-4-11-27)14-19(25-20)28-12-5-2-6-13-28/h7-9,14-15H,1-6,10-13,16H2,(H2,23,24,25,26,29). The van der Waals surface area contributed by atoms with Gasteiger partial charge in [-0.15, -0.1) is 0 Å². The number of nitrogens with zero attached hydrogens (tertiary/aromatic N) is 5. The van der Waals surface area contributed by atoms with Gasteiger partial charge in [-0.3, -0.25) is 4.98 Å². The molecule has 0 aromatic carbocycles. The summed E-state index contributed by atoms with van der Waals surface area (Å²) in [4.78, 5) is 18.4. The Hall–Kier alpha value is -2.48. The van der Waals surface area contributed by atoms with E-state index in [2.05, 4.69) is 31.5 Å². The molecule has 2 fully saturated rings. The van der Waals surface area contributed by atoms with Gasteiger partial charge in [-0.2, -0.15) is 9.97 Å². The van der Waals surface area contributed by atoms with Gasteiger partial charge in [0, 0.05) is 51.2 Å². The van der Waals surface area contributed by atoms with Crippen molar-refractivity contribution in [3.05, 3.63) is 36.2 Å². The van der Waals surface area contributed by atoms with Crippen LogP contribution in [0.25, 0.3) is 0 Å². The number of hydrogen-bond donors (Lipinski definition) is 2. The molecule has 0 atom stereocenters. The van der Waals surface area contributed by atoms with Crippen LogP contribution in [0.1, 0.15) is 44.1 Å². The first kappa shape index (κ1) is 19.8. The smallest absolute Gasteiger partial charge is 0.232 e. The molecule has 0 bridgehead atoms. The molecule has 2 aromatic rings. The Kier molecular flexibility index (Phi) is 6.71. The van der Waals surface area contributed by atoms with Crippen LogP contribution in [-0.4, -0.2) is 46.2 Å².